The molecular formula is C5H9N2Y-. The van der Waals surface area contributed by atoms with E-state index in [1.165, 1.54) is 6.42 Å². The number of nitrogens with one attached hydrogen (secondary N) is 1. The molecule has 3 fully saturated rings. The summed E-state index contributed by atoms with van der Waals surface area (Å²) in [5.74, 6) is 0. The van der Waals surface area contributed by atoms with Crippen molar-refractivity contribution in [2.24, 2.45) is 0 Å². The molecule has 2 nitrogen and oxygen atoms in total. The average molecular weight is 186 g/mol. The number of rotatable bonds is 0. The van der Waals surface area contributed by atoms with Crippen molar-refractivity contribution >= 4 is 0 Å². The van der Waals surface area contributed by atoms with E-state index in [0.717, 1.165) is 25.2 Å². The third-order valence-electron chi connectivity index (χ3n) is 1.74. The molecule has 0 aromatic rings. The van der Waals surface area contributed by atoms with Gasteiger partial charge in [0.25, 0.3) is 0 Å². The maximum Gasteiger partial charge on any atom is 0 e. The maximum atomic E-state index is 4.25. The number of hydrogen-bond acceptors (Lipinski definition) is 1. The van der Waals surface area contributed by atoms with E-state index >= 15 is 0 Å². The van der Waals surface area contributed by atoms with Crippen LogP contribution in [-0.2, 0) is 32.7 Å². The fourth-order valence-electron chi connectivity index (χ4n) is 1.29. The molecule has 0 aromatic carbocycles. The molecule has 1 N–H and O–H groups in total. The van der Waals surface area contributed by atoms with Crippen LogP contribution >= 0.6 is 0 Å². The first-order chi connectivity index (χ1) is 3.45. The minimum Gasteiger partial charge on any atom is -0.660 e. The molecule has 1 radical (unpaired) electrons. The molecule has 2 bridgehead atoms. The van der Waals surface area contributed by atoms with Gasteiger partial charge >= 0.3 is 0 Å². The van der Waals surface area contributed by atoms with E-state index in [1.807, 2.05) is 0 Å². The Balaban J connectivity index is 0.000000320. The molecule has 2 atom stereocenters. The molecule has 0 spiro atoms. The third kappa shape index (κ3) is 1.13. The summed E-state index contributed by atoms with van der Waals surface area (Å²) in [7, 11) is 0. The summed E-state index contributed by atoms with van der Waals surface area (Å²) in [6.45, 7) is 2.13. The molecule has 3 rings (SSSR count). The van der Waals surface area contributed by atoms with Gasteiger partial charge < -0.3 is 10.6 Å². The number of fused-ring (bicyclic) bond motifs is 2. The number of hydrogen-bond donors (Lipinski definition) is 1. The van der Waals surface area contributed by atoms with Crippen molar-refractivity contribution in [2.45, 2.75) is 18.5 Å². The zero-order valence-electron chi connectivity index (χ0n) is 4.80. The predicted molar refractivity (Wildman–Crippen MR) is 28.4 cm³/mol. The maximum absolute atomic E-state index is 4.25. The molecule has 3 heterocycles. The van der Waals surface area contributed by atoms with Crippen LogP contribution in [0.1, 0.15) is 6.42 Å². The van der Waals surface area contributed by atoms with Crippen molar-refractivity contribution in [3.63, 3.8) is 0 Å². The molecule has 0 aliphatic carbocycles. The predicted octanol–water partition coefficient (Wildman–Crippen LogP) is 0.102. The molecule has 0 saturated carbocycles. The third-order valence-corrected chi connectivity index (χ3v) is 1.74. The molecule has 0 aromatic heterocycles. The van der Waals surface area contributed by atoms with Crippen molar-refractivity contribution in [2.75, 3.05) is 13.1 Å². The topological polar surface area (TPSA) is 26.1 Å². The van der Waals surface area contributed by atoms with Crippen LogP contribution in [0.15, 0.2) is 0 Å². The smallest absolute Gasteiger partial charge is 0 e. The average Bonchev–Trinajstić information content (AvgIpc) is 1.67. The Hall–Kier alpha value is 1.02. The quantitative estimate of drug-likeness (QED) is 0.570. The van der Waals surface area contributed by atoms with Crippen LogP contribution in [-0.4, -0.2) is 25.2 Å². The van der Waals surface area contributed by atoms with Crippen molar-refractivity contribution in [3.8, 4) is 0 Å². The van der Waals surface area contributed by atoms with Crippen LogP contribution in [0, 0.1) is 0 Å². The van der Waals surface area contributed by atoms with Crippen molar-refractivity contribution < 1.29 is 32.7 Å². The van der Waals surface area contributed by atoms with E-state index in [0.29, 0.717) is 0 Å². The largest absolute Gasteiger partial charge is 0.660 e. The van der Waals surface area contributed by atoms with Crippen LogP contribution in [0.4, 0.5) is 0 Å². The van der Waals surface area contributed by atoms with Crippen molar-refractivity contribution in [1.29, 1.82) is 0 Å². The van der Waals surface area contributed by atoms with E-state index in [2.05, 4.69) is 10.6 Å². The van der Waals surface area contributed by atoms with Crippen molar-refractivity contribution in [1.82, 2.24) is 5.32 Å². The molecule has 3 aliphatic rings. The first kappa shape index (κ1) is 7.13. The monoisotopic (exact) mass is 186 g/mol. The molecular weight excluding hydrogens is 177 g/mol. The molecule has 2 unspecified atom stereocenters. The summed E-state index contributed by atoms with van der Waals surface area (Å²) in [6, 6.07) is 1.53. The van der Waals surface area contributed by atoms with E-state index in [-0.39, 0.29) is 32.7 Å². The Kier molecular flexibility index (Phi) is 2.44. The van der Waals surface area contributed by atoms with E-state index in [9.17, 15) is 0 Å². The van der Waals surface area contributed by atoms with Crippen LogP contribution < -0.4 is 5.32 Å². The minimum atomic E-state index is 0. The zero-order valence-corrected chi connectivity index (χ0v) is 7.64. The second-order valence-electron chi connectivity index (χ2n) is 2.38. The van der Waals surface area contributed by atoms with Crippen LogP contribution in [0.3, 0.4) is 0 Å². The number of piperazine rings is 1. The second kappa shape index (κ2) is 2.74. The Morgan fingerprint density at radius 1 is 1.25 bits per heavy atom. The van der Waals surface area contributed by atoms with Gasteiger partial charge in [0.1, 0.15) is 0 Å². The normalized spacial score (nSPS) is 42.0. The summed E-state index contributed by atoms with van der Waals surface area (Å²) in [6.07, 6.45) is 1.38. The van der Waals surface area contributed by atoms with Crippen LogP contribution in [0.5, 0.6) is 0 Å². The van der Waals surface area contributed by atoms with Crippen LogP contribution in [0.25, 0.3) is 5.32 Å². The Bertz CT molecular complexity index is 67.0. The summed E-state index contributed by atoms with van der Waals surface area (Å²) in [4.78, 5) is 0. The van der Waals surface area contributed by atoms with Gasteiger partial charge in [-0.1, -0.05) is 0 Å². The molecule has 43 valence electrons. The fourth-order valence-corrected chi connectivity index (χ4v) is 1.29. The van der Waals surface area contributed by atoms with Gasteiger partial charge in [-0.25, -0.2) is 0 Å². The van der Waals surface area contributed by atoms with Gasteiger partial charge in [0.2, 0.25) is 0 Å². The SMILES string of the molecule is C1[N-]CC2CC1N2.[Y]. The van der Waals surface area contributed by atoms with Gasteiger partial charge in [0.15, 0.2) is 0 Å². The van der Waals surface area contributed by atoms with Gasteiger partial charge in [-0.2, -0.15) is 0 Å². The fraction of sp³-hybridized carbons (Fsp3) is 1.00. The molecule has 8 heavy (non-hydrogen) atoms. The Morgan fingerprint density at radius 3 is 1.88 bits per heavy atom. The second-order valence-corrected chi connectivity index (χ2v) is 2.38. The number of nitrogens with zero attached hydrogens (tertiary/aromatic N) is 1. The summed E-state index contributed by atoms with van der Waals surface area (Å²) < 4.78 is 0. The Labute approximate surface area is 74.7 Å². The molecule has 3 saturated heterocycles. The molecule has 3 heteroatoms. The van der Waals surface area contributed by atoms with E-state index in [1.54, 1.807) is 0 Å². The van der Waals surface area contributed by atoms with Gasteiger partial charge in [-0.3, -0.25) is 0 Å². The minimum absolute atomic E-state index is 0. The van der Waals surface area contributed by atoms with E-state index in [4.69, 9.17) is 0 Å². The zero-order chi connectivity index (χ0) is 4.69. The van der Waals surface area contributed by atoms with Gasteiger partial charge in [0.05, 0.1) is 0 Å². The molecule has 0 amide bonds. The summed E-state index contributed by atoms with van der Waals surface area (Å²) in [5.41, 5.74) is 0. The summed E-state index contributed by atoms with van der Waals surface area (Å²) in [5, 5.41) is 7.63. The Morgan fingerprint density at radius 2 is 1.75 bits per heavy atom. The first-order valence-corrected chi connectivity index (χ1v) is 2.84. The van der Waals surface area contributed by atoms with Gasteiger partial charge in [0, 0.05) is 32.7 Å². The first-order valence-electron chi connectivity index (χ1n) is 2.84. The van der Waals surface area contributed by atoms with Crippen molar-refractivity contribution in [3.05, 3.63) is 5.32 Å². The van der Waals surface area contributed by atoms with E-state index < -0.39 is 0 Å². The number of piperidine rings is 1. The molecule has 3 aliphatic heterocycles. The summed E-state index contributed by atoms with van der Waals surface area (Å²) >= 11 is 0. The standard InChI is InChI=1S/C5H9N2.Y/c1-4-2-6-3-5(1)7-4;/h4-5,7H,1-3H2;/q-1;. The van der Waals surface area contributed by atoms with Crippen LogP contribution in [0.2, 0.25) is 0 Å². The van der Waals surface area contributed by atoms with Gasteiger partial charge in [-0.15, -0.1) is 13.1 Å². The van der Waals surface area contributed by atoms with Gasteiger partial charge in [-0.05, 0) is 18.5 Å².